The van der Waals surface area contributed by atoms with Crippen LogP contribution in [-0.4, -0.2) is 0 Å². The van der Waals surface area contributed by atoms with Crippen LogP contribution in [0.5, 0.6) is 0 Å². The summed E-state index contributed by atoms with van der Waals surface area (Å²) in [4.78, 5) is 0. The molecule has 0 saturated heterocycles. The maximum atomic E-state index is 14.2. The first-order valence-corrected chi connectivity index (χ1v) is 19.1. The van der Waals surface area contributed by atoms with Crippen LogP contribution in [0, 0.1) is 23.3 Å². The van der Waals surface area contributed by atoms with Crippen molar-refractivity contribution < 1.29 is 17.6 Å². The zero-order valence-electron chi connectivity index (χ0n) is 31.0. The van der Waals surface area contributed by atoms with E-state index in [-0.39, 0.29) is 23.3 Å². The Bertz CT molecular complexity index is 2820. The number of hydrogen-bond donors (Lipinski definition) is 0. The minimum Gasteiger partial charge on any atom is -0.207 e. The van der Waals surface area contributed by atoms with Gasteiger partial charge < -0.3 is 0 Å². The van der Waals surface area contributed by atoms with E-state index in [4.69, 9.17) is 0 Å². The van der Waals surface area contributed by atoms with Crippen LogP contribution < -0.4 is 0 Å². The molecule has 10 aromatic rings. The lowest BCUT2D eigenvalue weighted by molar-refractivity contribution is 0.627. The third-order valence-electron chi connectivity index (χ3n) is 11.0. The number of halogens is 4. The second-order valence-electron chi connectivity index (χ2n) is 14.7. The van der Waals surface area contributed by atoms with Gasteiger partial charge in [0.2, 0.25) is 0 Å². The average Bonchev–Trinajstić information content (AvgIpc) is 3.25. The Morgan fingerprint density at radius 3 is 0.759 bits per heavy atom. The highest BCUT2D eigenvalue weighted by molar-refractivity contribution is 6.24. The largest absolute Gasteiger partial charge is 0.207 e. The van der Waals surface area contributed by atoms with Gasteiger partial charge >= 0.3 is 0 Å². The fourth-order valence-electron chi connectivity index (χ4n) is 8.27. The van der Waals surface area contributed by atoms with Crippen LogP contribution in [-0.2, 0) is 0 Å². The molecule has 0 fully saturated rings. The second-order valence-corrected chi connectivity index (χ2v) is 14.7. The van der Waals surface area contributed by atoms with Gasteiger partial charge in [0.25, 0.3) is 0 Å². The smallest absolute Gasteiger partial charge is 0.123 e. The maximum Gasteiger partial charge on any atom is 0.123 e. The fraction of sp³-hybridized carbons (Fsp3) is 0. The van der Waals surface area contributed by atoms with E-state index in [1.807, 2.05) is 24.3 Å². The van der Waals surface area contributed by atoms with Gasteiger partial charge in [-0.15, -0.1) is 0 Å². The minimum atomic E-state index is -0.316. The minimum absolute atomic E-state index is 0.316. The predicted molar refractivity (Wildman–Crippen MR) is 231 cm³/mol. The lowest BCUT2D eigenvalue weighted by atomic mass is 9.82. The van der Waals surface area contributed by atoms with Crippen LogP contribution in [0.15, 0.2) is 194 Å². The lowest BCUT2D eigenvalue weighted by Crippen LogP contribution is -1.94. The first-order valence-electron chi connectivity index (χ1n) is 19.1. The molecule has 0 aliphatic rings. The number of rotatable bonds is 6. The highest BCUT2D eigenvalue weighted by Crippen LogP contribution is 2.47. The quantitative estimate of drug-likeness (QED) is 0.117. The summed E-state index contributed by atoms with van der Waals surface area (Å²) >= 11 is 0. The van der Waals surface area contributed by atoms with Crippen molar-refractivity contribution in [3.63, 3.8) is 0 Å². The van der Waals surface area contributed by atoms with Crippen molar-refractivity contribution >= 4 is 32.3 Å². The van der Waals surface area contributed by atoms with Gasteiger partial charge in [0.05, 0.1) is 0 Å². The molecule has 0 nitrogen and oxygen atoms in total. The molecule has 4 heteroatoms. The summed E-state index contributed by atoms with van der Waals surface area (Å²) in [6, 6.07) is 59.9. The third-order valence-corrected chi connectivity index (χ3v) is 11.0. The molecule has 10 aromatic carbocycles. The summed E-state index contributed by atoms with van der Waals surface area (Å²) in [7, 11) is 0. The fourth-order valence-corrected chi connectivity index (χ4v) is 8.27. The number of hydrogen-bond acceptors (Lipinski definition) is 0. The van der Waals surface area contributed by atoms with Crippen LogP contribution in [0.4, 0.5) is 17.6 Å². The molecule has 0 saturated carbocycles. The van der Waals surface area contributed by atoms with Crippen LogP contribution >= 0.6 is 0 Å². The normalized spacial score (nSPS) is 11.4. The van der Waals surface area contributed by atoms with Crippen molar-refractivity contribution in [2.75, 3.05) is 0 Å². The molecule has 0 radical (unpaired) electrons. The molecule has 10 rings (SSSR count). The van der Waals surface area contributed by atoms with Crippen LogP contribution in [0.25, 0.3) is 99.1 Å². The predicted octanol–water partition coefficient (Wildman–Crippen LogP) is 15.7. The summed E-state index contributed by atoms with van der Waals surface area (Å²) in [5.41, 5.74) is 11.0. The standard InChI is InChI=1S/C54H32F4/c55-45-17-9-33(10-18-45)39-25-40(34-11-19-46(56)20-12-34)28-43(27-39)53-49-7-3-4-8-50(49)54(52-32-38-6-2-1-5-37(38)31-51(52)53)44-29-41(35-13-21-47(57)22-14-35)26-42(30-44)36-15-23-48(58)24-16-36/h1-32H. The van der Waals surface area contributed by atoms with E-state index >= 15 is 0 Å². The Morgan fingerprint density at radius 1 is 0.207 bits per heavy atom. The highest BCUT2D eigenvalue weighted by Gasteiger charge is 2.20. The van der Waals surface area contributed by atoms with Gasteiger partial charge in [-0.25, -0.2) is 17.6 Å². The summed E-state index contributed by atoms with van der Waals surface area (Å²) in [6.45, 7) is 0. The molecule has 0 bridgehead atoms. The number of fused-ring (bicyclic) bond motifs is 3. The van der Waals surface area contributed by atoms with E-state index < -0.39 is 0 Å². The van der Waals surface area contributed by atoms with Gasteiger partial charge in [-0.3, -0.25) is 0 Å². The van der Waals surface area contributed by atoms with Gasteiger partial charge in [0, 0.05) is 0 Å². The molecular formula is C54H32F4. The molecule has 0 unspecified atom stereocenters. The molecule has 0 aliphatic heterocycles. The molecule has 0 amide bonds. The Balaban J connectivity index is 1.31. The molecule has 58 heavy (non-hydrogen) atoms. The lowest BCUT2D eigenvalue weighted by Gasteiger charge is -2.21. The highest BCUT2D eigenvalue weighted by atomic mass is 19.1. The number of benzene rings is 10. The summed E-state index contributed by atoms with van der Waals surface area (Å²) < 4.78 is 56.8. The first-order chi connectivity index (χ1) is 28.3. The van der Waals surface area contributed by atoms with Gasteiger partial charge in [-0.05, 0) is 196 Å². The zero-order chi connectivity index (χ0) is 39.3. The van der Waals surface area contributed by atoms with Crippen LogP contribution in [0.1, 0.15) is 0 Å². The van der Waals surface area contributed by atoms with Crippen molar-refractivity contribution in [2.45, 2.75) is 0 Å². The molecule has 0 atom stereocenters. The van der Waals surface area contributed by atoms with Crippen molar-refractivity contribution in [3.8, 4) is 66.8 Å². The van der Waals surface area contributed by atoms with E-state index in [0.717, 1.165) is 99.1 Å². The van der Waals surface area contributed by atoms with Crippen molar-refractivity contribution in [2.24, 2.45) is 0 Å². The molecule has 0 N–H and O–H groups in total. The van der Waals surface area contributed by atoms with Crippen LogP contribution in [0.2, 0.25) is 0 Å². The second kappa shape index (κ2) is 14.3. The molecule has 0 aromatic heterocycles. The summed E-state index contributed by atoms with van der Waals surface area (Å²) in [6.07, 6.45) is 0. The topological polar surface area (TPSA) is 0 Å². The third kappa shape index (κ3) is 6.49. The molecular weight excluding hydrogens is 725 g/mol. The maximum absolute atomic E-state index is 14.2. The van der Waals surface area contributed by atoms with Crippen LogP contribution in [0.3, 0.4) is 0 Å². The first kappa shape index (κ1) is 35.1. The van der Waals surface area contributed by atoms with E-state index in [9.17, 15) is 17.6 Å². The molecule has 0 spiro atoms. The molecule has 0 heterocycles. The van der Waals surface area contributed by atoms with Gasteiger partial charge in [-0.2, -0.15) is 0 Å². The van der Waals surface area contributed by atoms with Gasteiger partial charge in [0.15, 0.2) is 0 Å². The van der Waals surface area contributed by atoms with Crippen molar-refractivity contribution in [3.05, 3.63) is 217 Å². The Hall–Kier alpha value is -7.30. The summed E-state index contributed by atoms with van der Waals surface area (Å²) in [5, 5.41) is 6.28. The monoisotopic (exact) mass is 756 g/mol. The zero-order valence-corrected chi connectivity index (χ0v) is 31.0. The molecule has 0 aliphatic carbocycles. The molecule has 276 valence electrons. The van der Waals surface area contributed by atoms with E-state index in [0.29, 0.717) is 0 Å². The van der Waals surface area contributed by atoms with Gasteiger partial charge in [-0.1, -0.05) is 97.1 Å². The van der Waals surface area contributed by atoms with Gasteiger partial charge in [0.1, 0.15) is 23.3 Å². The Kier molecular flexibility index (Phi) is 8.68. The average molecular weight is 757 g/mol. The SMILES string of the molecule is Fc1ccc(-c2cc(-c3ccc(F)cc3)cc(-c3c4ccccc4c(-c4cc(-c5ccc(F)cc5)cc(-c5ccc(F)cc5)c4)c4cc5ccccc5cc34)c2)cc1. The van der Waals surface area contributed by atoms with Crippen molar-refractivity contribution in [1.29, 1.82) is 0 Å². The Labute approximate surface area is 332 Å². The van der Waals surface area contributed by atoms with Crippen molar-refractivity contribution in [1.82, 2.24) is 0 Å². The van der Waals surface area contributed by atoms with E-state index in [1.165, 1.54) is 48.5 Å². The van der Waals surface area contributed by atoms with E-state index in [2.05, 4.69) is 72.8 Å². The Morgan fingerprint density at radius 2 is 0.466 bits per heavy atom. The van der Waals surface area contributed by atoms with E-state index in [1.54, 1.807) is 48.5 Å². The summed E-state index contributed by atoms with van der Waals surface area (Å²) in [5.74, 6) is -1.26.